The number of benzene rings is 1. The minimum absolute atomic E-state index is 0.283. The number of nitrogens with one attached hydrogen (secondary N) is 1. The predicted octanol–water partition coefficient (Wildman–Crippen LogP) is 1.31. The monoisotopic (exact) mass is 319 g/mol. The van der Waals surface area contributed by atoms with Crippen LogP contribution in [0.25, 0.3) is 0 Å². The van der Waals surface area contributed by atoms with E-state index in [9.17, 15) is 17.2 Å². The van der Waals surface area contributed by atoms with Crippen molar-refractivity contribution in [2.45, 2.75) is 30.7 Å². The first kappa shape index (κ1) is 16.1. The molecule has 1 aliphatic rings. The first-order chi connectivity index (χ1) is 9.83. The van der Waals surface area contributed by atoms with Crippen molar-refractivity contribution in [2.75, 3.05) is 25.4 Å². The zero-order valence-electron chi connectivity index (χ0n) is 11.8. The Balaban J connectivity index is 2.20. The second kappa shape index (κ2) is 6.25. The first-order valence-corrected chi connectivity index (χ1v) is 8.31. The molecule has 0 spiro atoms. The van der Waals surface area contributed by atoms with Crippen LogP contribution in [0.3, 0.4) is 0 Å². The SMILES string of the molecule is CCN1CCCC(NS(=O)(=O)c2cc(N)c(F)cc2F)C1. The van der Waals surface area contributed by atoms with Crippen LogP contribution in [0, 0.1) is 11.6 Å². The number of likely N-dealkylation sites (N-methyl/N-ethyl adjacent to an activating group) is 1. The highest BCUT2D eigenvalue weighted by Gasteiger charge is 2.27. The van der Waals surface area contributed by atoms with E-state index >= 15 is 0 Å². The maximum absolute atomic E-state index is 13.7. The van der Waals surface area contributed by atoms with E-state index in [0.29, 0.717) is 19.0 Å². The van der Waals surface area contributed by atoms with Gasteiger partial charge in [-0.3, -0.25) is 0 Å². The molecule has 3 N–H and O–H groups in total. The minimum atomic E-state index is -4.06. The number of sulfonamides is 1. The van der Waals surface area contributed by atoms with Crippen molar-refractivity contribution in [1.29, 1.82) is 0 Å². The summed E-state index contributed by atoms with van der Waals surface area (Å²) in [4.78, 5) is 1.50. The fraction of sp³-hybridized carbons (Fsp3) is 0.538. The number of anilines is 1. The summed E-state index contributed by atoms with van der Waals surface area (Å²) in [5.74, 6) is -2.11. The van der Waals surface area contributed by atoms with Gasteiger partial charge in [-0.1, -0.05) is 6.92 Å². The van der Waals surface area contributed by atoms with E-state index in [2.05, 4.69) is 9.62 Å². The molecule has 1 aromatic carbocycles. The molecule has 1 atom stereocenters. The average molecular weight is 319 g/mol. The number of nitrogen functional groups attached to an aromatic ring is 1. The third kappa shape index (κ3) is 3.69. The molecule has 1 saturated heterocycles. The molecule has 0 saturated carbocycles. The van der Waals surface area contributed by atoms with Crippen LogP contribution in [0.1, 0.15) is 19.8 Å². The number of rotatable bonds is 4. The van der Waals surface area contributed by atoms with Crippen molar-refractivity contribution in [2.24, 2.45) is 0 Å². The highest BCUT2D eigenvalue weighted by atomic mass is 32.2. The Morgan fingerprint density at radius 3 is 2.76 bits per heavy atom. The Labute approximate surface area is 123 Å². The van der Waals surface area contributed by atoms with Gasteiger partial charge in [-0.05, 0) is 32.0 Å². The van der Waals surface area contributed by atoms with Crippen molar-refractivity contribution in [3.63, 3.8) is 0 Å². The fourth-order valence-electron chi connectivity index (χ4n) is 2.47. The van der Waals surface area contributed by atoms with Crippen molar-refractivity contribution < 1.29 is 17.2 Å². The van der Waals surface area contributed by atoms with Crippen molar-refractivity contribution >= 4 is 15.7 Å². The molecular weight excluding hydrogens is 300 g/mol. The minimum Gasteiger partial charge on any atom is -0.396 e. The van der Waals surface area contributed by atoms with Gasteiger partial charge in [-0.15, -0.1) is 0 Å². The van der Waals surface area contributed by atoms with Crippen LogP contribution in [-0.2, 0) is 10.0 Å². The van der Waals surface area contributed by atoms with E-state index in [1.54, 1.807) is 0 Å². The molecule has 2 rings (SSSR count). The number of halogens is 2. The van der Waals surface area contributed by atoms with Crippen molar-refractivity contribution in [3.05, 3.63) is 23.8 Å². The van der Waals surface area contributed by atoms with E-state index in [-0.39, 0.29) is 6.04 Å². The van der Waals surface area contributed by atoms with E-state index in [4.69, 9.17) is 5.73 Å². The lowest BCUT2D eigenvalue weighted by molar-refractivity contribution is 0.211. The second-order valence-electron chi connectivity index (χ2n) is 5.16. The van der Waals surface area contributed by atoms with E-state index < -0.39 is 32.2 Å². The molecular formula is C13H19F2N3O2S. The van der Waals surface area contributed by atoms with E-state index in [1.165, 1.54) is 0 Å². The predicted molar refractivity (Wildman–Crippen MR) is 76.2 cm³/mol. The van der Waals surface area contributed by atoms with Gasteiger partial charge in [0.25, 0.3) is 0 Å². The number of hydrogen-bond donors (Lipinski definition) is 2. The topological polar surface area (TPSA) is 75.4 Å². The van der Waals surface area contributed by atoms with Gasteiger partial charge in [-0.2, -0.15) is 0 Å². The molecule has 5 nitrogen and oxygen atoms in total. The fourth-order valence-corrected chi connectivity index (χ4v) is 3.83. The van der Waals surface area contributed by atoms with Crippen LogP contribution in [0.15, 0.2) is 17.0 Å². The van der Waals surface area contributed by atoms with Gasteiger partial charge in [0.05, 0.1) is 5.69 Å². The summed E-state index contributed by atoms with van der Waals surface area (Å²) in [6.45, 7) is 4.33. The zero-order chi connectivity index (χ0) is 15.6. The van der Waals surface area contributed by atoms with Crippen LogP contribution >= 0.6 is 0 Å². The van der Waals surface area contributed by atoms with E-state index in [0.717, 1.165) is 25.6 Å². The molecule has 0 aromatic heterocycles. The number of piperidine rings is 1. The van der Waals surface area contributed by atoms with Gasteiger partial charge < -0.3 is 10.6 Å². The van der Waals surface area contributed by atoms with E-state index in [1.807, 2.05) is 6.92 Å². The summed E-state index contributed by atoms with van der Waals surface area (Å²) in [6.07, 6.45) is 1.56. The van der Waals surface area contributed by atoms with Gasteiger partial charge in [0, 0.05) is 18.7 Å². The number of nitrogens with zero attached hydrogens (tertiary/aromatic N) is 1. The molecule has 8 heteroatoms. The molecule has 0 radical (unpaired) electrons. The van der Waals surface area contributed by atoms with Crippen molar-refractivity contribution in [3.8, 4) is 0 Å². The molecule has 1 heterocycles. The first-order valence-electron chi connectivity index (χ1n) is 6.82. The molecule has 1 unspecified atom stereocenters. The highest BCUT2D eigenvalue weighted by molar-refractivity contribution is 7.89. The Morgan fingerprint density at radius 1 is 1.38 bits per heavy atom. The Morgan fingerprint density at radius 2 is 2.10 bits per heavy atom. The summed E-state index contributed by atoms with van der Waals surface area (Å²) in [5, 5.41) is 0. The normalized spacial score (nSPS) is 20.6. The molecule has 0 bridgehead atoms. The van der Waals surface area contributed by atoms with Crippen LogP contribution in [0.2, 0.25) is 0 Å². The third-order valence-electron chi connectivity index (χ3n) is 3.62. The van der Waals surface area contributed by atoms with Gasteiger partial charge in [0.15, 0.2) is 0 Å². The molecule has 21 heavy (non-hydrogen) atoms. The van der Waals surface area contributed by atoms with Gasteiger partial charge >= 0.3 is 0 Å². The molecule has 1 fully saturated rings. The smallest absolute Gasteiger partial charge is 0.243 e. The molecule has 118 valence electrons. The Kier molecular flexibility index (Phi) is 4.80. The lowest BCUT2D eigenvalue weighted by Crippen LogP contribution is -2.47. The maximum Gasteiger partial charge on any atom is 0.243 e. The van der Waals surface area contributed by atoms with Crippen molar-refractivity contribution in [1.82, 2.24) is 9.62 Å². The highest BCUT2D eigenvalue weighted by Crippen LogP contribution is 2.22. The maximum atomic E-state index is 13.7. The summed E-state index contributed by atoms with van der Waals surface area (Å²) in [5.41, 5.74) is 4.93. The quantitative estimate of drug-likeness (QED) is 0.821. The summed E-state index contributed by atoms with van der Waals surface area (Å²) in [7, 11) is -4.06. The number of nitrogens with two attached hydrogens (primary N) is 1. The van der Waals surface area contributed by atoms with Crippen LogP contribution < -0.4 is 10.5 Å². The van der Waals surface area contributed by atoms with Crippen LogP contribution in [-0.4, -0.2) is 39.0 Å². The molecule has 0 aliphatic carbocycles. The Bertz CT molecular complexity index is 622. The van der Waals surface area contributed by atoms with Gasteiger partial charge in [0.2, 0.25) is 10.0 Å². The van der Waals surface area contributed by atoms with Crippen LogP contribution in [0.4, 0.5) is 14.5 Å². The molecule has 1 aromatic rings. The lowest BCUT2D eigenvalue weighted by Gasteiger charge is -2.32. The summed E-state index contributed by atoms with van der Waals surface area (Å²) in [6, 6.07) is 1.02. The Hall–Kier alpha value is -1.25. The lowest BCUT2D eigenvalue weighted by atomic mass is 10.1. The largest absolute Gasteiger partial charge is 0.396 e. The van der Waals surface area contributed by atoms with Crippen LogP contribution in [0.5, 0.6) is 0 Å². The standard InChI is InChI=1S/C13H19F2N3O2S/c1-2-18-5-3-4-9(8-18)17-21(19,20)13-7-12(16)10(14)6-11(13)15/h6-7,9,17H,2-5,8,16H2,1H3. The van der Waals surface area contributed by atoms with Gasteiger partial charge in [-0.25, -0.2) is 21.9 Å². The summed E-state index contributed by atoms with van der Waals surface area (Å²) < 4.78 is 53.8. The second-order valence-corrected chi connectivity index (χ2v) is 6.84. The summed E-state index contributed by atoms with van der Waals surface area (Å²) >= 11 is 0. The average Bonchev–Trinajstić information content (AvgIpc) is 2.42. The molecule has 0 amide bonds. The zero-order valence-corrected chi connectivity index (χ0v) is 12.6. The van der Waals surface area contributed by atoms with Gasteiger partial charge in [0.1, 0.15) is 16.5 Å². The third-order valence-corrected chi connectivity index (χ3v) is 5.15. The number of likely N-dealkylation sites (tertiary alicyclic amines) is 1. The number of hydrogen-bond acceptors (Lipinski definition) is 4. The molecule has 1 aliphatic heterocycles.